The molecule has 0 amide bonds. The second kappa shape index (κ2) is 5.72. The molecule has 3 nitrogen and oxygen atoms in total. The second-order valence-electron chi connectivity index (χ2n) is 4.39. The summed E-state index contributed by atoms with van der Waals surface area (Å²) in [7, 11) is 1.74. The van der Waals surface area contributed by atoms with Crippen molar-refractivity contribution in [3.8, 4) is 11.8 Å². The molecule has 1 rings (SSSR count). The van der Waals surface area contributed by atoms with Crippen LogP contribution in [0.15, 0.2) is 0 Å². The number of hydrogen-bond acceptors (Lipinski definition) is 4. The number of hydrogen-bond donors (Lipinski definition) is 0. The highest BCUT2D eigenvalue weighted by Crippen LogP contribution is 2.21. The maximum absolute atomic E-state index is 11.1. The third-order valence-electron chi connectivity index (χ3n) is 2.92. The average molecular weight is 241 g/mol. The molecule has 0 unspecified atom stereocenters. The van der Waals surface area contributed by atoms with Gasteiger partial charge in [-0.05, 0) is 32.4 Å². The summed E-state index contributed by atoms with van der Waals surface area (Å²) >= 11 is 1.16. The maximum Gasteiger partial charge on any atom is 0.262 e. The fourth-order valence-corrected chi connectivity index (χ4v) is 1.92. The van der Waals surface area contributed by atoms with Gasteiger partial charge in [0.1, 0.15) is 0 Å². The zero-order valence-corrected chi connectivity index (χ0v) is 11.2. The molecule has 1 aliphatic heterocycles. The van der Waals surface area contributed by atoms with Gasteiger partial charge < -0.3 is 4.74 Å². The Labute approximate surface area is 102 Å². The molecule has 4 heteroatoms. The van der Waals surface area contributed by atoms with Crippen LogP contribution in [-0.4, -0.2) is 48.1 Å². The molecule has 0 aromatic heterocycles. The number of rotatable bonds is 2. The third-order valence-corrected chi connectivity index (χ3v) is 3.40. The van der Waals surface area contributed by atoms with Crippen LogP contribution in [0.4, 0.5) is 0 Å². The molecule has 0 aromatic carbocycles. The summed E-state index contributed by atoms with van der Waals surface area (Å²) in [4.78, 5) is 13.4. The summed E-state index contributed by atoms with van der Waals surface area (Å²) in [5, 5.41) is -0.0736. The molecule has 16 heavy (non-hydrogen) atoms. The Kier molecular flexibility index (Phi) is 4.85. The molecule has 0 N–H and O–H groups in total. The zero-order chi connectivity index (χ0) is 12.2. The zero-order valence-electron chi connectivity index (χ0n) is 10.4. The van der Waals surface area contributed by atoms with E-state index in [9.17, 15) is 4.79 Å². The minimum atomic E-state index is -0.251. The largest absolute Gasteiger partial charge is 0.380 e. The topological polar surface area (TPSA) is 29.5 Å². The first-order valence-electron chi connectivity index (χ1n) is 5.38. The van der Waals surface area contributed by atoms with E-state index in [4.69, 9.17) is 4.74 Å². The molecular formula is C12H19NO2S. The molecule has 0 spiro atoms. The summed E-state index contributed by atoms with van der Waals surface area (Å²) in [6.45, 7) is 5.97. The van der Waals surface area contributed by atoms with Gasteiger partial charge in [-0.15, -0.1) is 0 Å². The van der Waals surface area contributed by atoms with Crippen LogP contribution in [0.25, 0.3) is 0 Å². The van der Waals surface area contributed by atoms with E-state index in [0.717, 1.165) is 31.3 Å². The number of ether oxygens (including phenoxy) is 1. The highest BCUT2D eigenvalue weighted by Gasteiger charge is 2.32. The Hall–Kier alpha value is -0.500. The van der Waals surface area contributed by atoms with Gasteiger partial charge in [-0.1, -0.05) is 17.7 Å². The van der Waals surface area contributed by atoms with Crippen molar-refractivity contribution in [3.05, 3.63) is 0 Å². The predicted octanol–water partition coefficient (Wildman–Crippen LogP) is 1.38. The fourth-order valence-electron chi connectivity index (χ4n) is 1.76. The Morgan fingerprint density at radius 1 is 1.56 bits per heavy atom. The lowest BCUT2D eigenvalue weighted by Crippen LogP contribution is -2.41. The lowest BCUT2D eigenvalue weighted by molar-refractivity contribution is -0.106. The van der Waals surface area contributed by atoms with Gasteiger partial charge in [0, 0.05) is 20.2 Å². The van der Waals surface area contributed by atoms with Gasteiger partial charge in [0.15, 0.2) is 0 Å². The SMILES string of the molecule is CO[C@@H]1CCN(C(C)(C)C#CC(=O)SC)C1. The van der Waals surface area contributed by atoms with Gasteiger partial charge >= 0.3 is 0 Å². The molecule has 1 heterocycles. The Morgan fingerprint density at radius 3 is 2.75 bits per heavy atom. The normalized spacial score (nSPS) is 21.6. The summed E-state index contributed by atoms with van der Waals surface area (Å²) < 4.78 is 5.32. The molecule has 0 aliphatic carbocycles. The lowest BCUT2D eigenvalue weighted by Gasteiger charge is -2.30. The lowest BCUT2D eigenvalue weighted by atomic mass is 10.0. The highest BCUT2D eigenvalue weighted by molar-refractivity contribution is 8.13. The Bertz CT molecular complexity index is 317. The molecular weight excluding hydrogens is 222 g/mol. The summed E-state index contributed by atoms with van der Waals surface area (Å²) in [5.74, 6) is 5.72. The molecule has 1 atom stereocenters. The average Bonchev–Trinajstić information content (AvgIpc) is 2.75. The van der Waals surface area contributed by atoms with Crippen molar-refractivity contribution < 1.29 is 9.53 Å². The first-order valence-corrected chi connectivity index (χ1v) is 6.61. The van der Waals surface area contributed by atoms with Crippen LogP contribution in [0.2, 0.25) is 0 Å². The number of carbonyl (C=O) groups excluding carboxylic acids is 1. The second-order valence-corrected chi connectivity index (χ2v) is 5.17. The van der Waals surface area contributed by atoms with Crippen LogP contribution in [-0.2, 0) is 9.53 Å². The highest BCUT2D eigenvalue weighted by atomic mass is 32.2. The number of carbonyl (C=O) groups is 1. The molecule has 0 saturated carbocycles. The minimum absolute atomic E-state index is 0.0736. The van der Waals surface area contributed by atoms with E-state index in [1.165, 1.54) is 0 Å². The van der Waals surface area contributed by atoms with E-state index >= 15 is 0 Å². The van der Waals surface area contributed by atoms with Crippen molar-refractivity contribution >= 4 is 16.9 Å². The van der Waals surface area contributed by atoms with Crippen molar-refractivity contribution in [1.82, 2.24) is 4.90 Å². The van der Waals surface area contributed by atoms with Gasteiger partial charge in [0.2, 0.25) is 0 Å². The van der Waals surface area contributed by atoms with Gasteiger partial charge in [-0.25, -0.2) is 0 Å². The number of methoxy groups -OCH3 is 1. The molecule has 0 radical (unpaired) electrons. The minimum Gasteiger partial charge on any atom is -0.380 e. The quantitative estimate of drug-likeness (QED) is 0.683. The molecule has 1 saturated heterocycles. The van der Waals surface area contributed by atoms with E-state index in [1.807, 2.05) is 13.8 Å². The number of thioether (sulfide) groups is 1. The summed E-state index contributed by atoms with van der Waals surface area (Å²) in [5.41, 5.74) is -0.251. The number of likely N-dealkylation sites (tertiary alicyclic amines) is 1. The maximum atomic E-state index is 11.1. The molecule has 0 aromatic rings. The monoisotopic (exact) mass is 241 g/mol. The van der Waals surface area contributed by atoms with E-state index in [2.05, 4.69) is 16.7 Å². The van der Waals surface area contributed by atoms with E-state index in [-0.39, 0.29) is 10.7 Å². The van der Waals surface area contributed by atoms with Gasteiger partial charge in [-0.3, -0.25) is 9.69 Å². The molecule has 90 valence electrons. The Morgan fingerprint density at radius 2 is 2.25 bits per heavy atom. The standard InChI is InChI=1S/C12H19NO2S/c1-12(2,7-5-11(14)16-4)13-8-6-10(9-13)15-3/h10H,6,8-9H2,1-4H3/t10-/m1/s1. The van der Waals surface area contributed by atoms with E-state index in [1.54, 1.807) is 13.4 Å². The third kappa shape index (κ3) is 3.51. The van der Waals surface area contributed by atoms with Crippen molar-refractivity contribution in [3.63, 3.8) is 0 Å². The first-order chi connectivity index (χ1) is 7.49. The van der Waals surface area contributed by atoms with Crippen LogP contribution in [0.1, 0.15) is 20.3 Å². The predicted molar refractivity (Wildman–Crippen MR) is 67.4 cm³/mol. The number of nitrogens with zero attached hydrogens (tertiary/aromatic N) is 1. The molecule has 1 fully saturated rings. The first kappa shape index (κ1) is 13.6. The summed E-state index contributed by atoms with van der Waals surface area (Å²) in [6.07, 6.45) is 3.09. The van der Waals surface area contributed by atoms with E-state index in [0.29, 0.717) is 6.10 Å². The van der Waals surface area contributed by atoms with Crippen molar-refractivity contribution in [2.45, 2.75) is 31.9 Å². The van der Waals surface area contributed by atoms with Gasteiger partial charge in [0.05, 0.1) is 11.6 Å². The summed E-state index contributed by atoms with van der Waals surface area (Å²) in [6, 6.07) is 0. The van der Waals surface area contributed by atoms with Crippen LogP contribution in [0.5, 0.6) is 0 Å². The molecule has 1 aliphatic rings. The van der Waals surface area contributed by atoms with Crippen LogP contribution >= 0.6 is 11.8 Å². The Balaban J connectivity index is 2.63. The van der Waals surface area contributed by atoms with Crippen molar-refractivity contribution in [2.75, 3.05) is 26.5 Å². The van der Waals surface area contributed by atoms with Gasteiger partial charge in [-0.2, -0.15) is 0 Å². The van der Waals surface area contributed by atoms with Crippen LogP contribution in [0, 0.1) is 11.8 Å². The van der Waals surface area contributed by atoms with Crippen LogP contribution < -0.4 is 0 Å². The van der Waals surface area contributed by atoms with Crippen LogP contribution in [0.3, 0.4) is 0 Å². The molecule has 0 bridgehead atoms. The van der Waals surface area contributed by atoms with E-state index < -0.39 is 0 Å². The fraction of sp³-hybridized carbons (Fsp3) is 0.750. The van der Waals surface area contributed by atoms with Crippen molar-refractivity contribution in [2.24, 2.45) is 0 Å². The van der Waals surface area contributed by atoms with Crippen molar-refractivity contribution in [1.29, 1.82) is 0 Å². The van der Waals surface area contributed by atoms with Gasteiger partial charge in [0.25, 0.3) is 5.12 Å². The smallest absolute Gasteiger partial charge is 0.262 e.